The van der Waals surface area contributed by atoms with Gasteiger partial charge in [-0.2, -0.15) is 0 Å². The molecule has 0 amide bonds. The summed E-state index contributed by atoms with van der Waals surface area (Å²) in [6.45, 7) is 0. The van der Waals surface area contributed by atoms with Gasteiger partial charge in [-0.3, -0.25) is 0 Å². The van der Waals surface area contributed by atoms with Crippen molar-refractivity contribution >= 4 is 0 Å². The average molecular weight is 454 g/mol. The molecule has 0 aromatic heterocycles. The minimum Gasteiger partial charge on any atom is -2.00 e. The molecule has 0 aliphatic carbocycles. The van der Waals surface area contributed by atoms with Crippen LogP contribution in [0.3, 0.4) is 0 Å². The summed E-state index contributed by atoms with van der Waals surface area (Å²) in [6, 6.07) is 0. The zero-order valence-electron chi connectivity index (χ0n) is 1.72. The normalized spacial score (nSPS) is 0. The number of hydrogen-bond acceptors (Lipinski definition) is 0. The fourth-order valence-electron chi connectivity index (χ4n) is 0. The molecule has 0 spiro atoms. The van der Waals surface area contributed by atoms with E-state index in [9.17, 15) is 0 Å². The van der Waals surface area contributed by atoms with E-state index in [-0.39, 0.29) is 63.1 Å². The number of hydrogen-bond donors (Lipinski definition) is 0. The molecule has 0 saturated carbocycles. The molecule has 0 aromatic rings. The van der Waals surface area contributed by atoms with Crippen LogP contribution in [0.1, 0.15) is 0 Å². The van der Waals surface area contributed by atoms with Gasteiger partial charge in [-0.25, -0.2) is 0 Å². The van der Waals surface area contributed by atoms with Crippen LogP contribution in [0.25, 0.3) is 0 Å². The van der Waals surface area contributed by atoms with Crippen LogP contribution in [0, 0.1) is 31.1 Å². The van der Waals surface area contributed by atoms with Crippen molar-refractivity contribution in [2.75, 3.05) is 0 Å². The van der Waals surface area contributed by atoms with Crippen molar-refractivity contribution in [3.05, 3.63) is 0 Å². The van der Waals surface area contributed by atoms with Crippen molar-refractivity contribution in [2.24, 2.45) is 0 Å². The second-order valence-corrected chi connectivity index (χ2v) is 0. The van der Waals surface area contributed by atoms with Crippen LogP contribution < -0.4 is 0 Å². The second-order valence-electron chi connectivity index (χ2n) is 0. The van der Waals surface area contributed by atoms with Crippen molar-refractivity contribution in [3.8, 4) is 0 Å². The molecule has 0 unspecified atom stereocenters. The number of rotatable bonds is 0. The van der Waals surface area contributed by atoms with Crippen LogP contribution >= 0.6 is 0 Å². The van der Waals surface area contributed by atoms with E-state index in [1.165, 1.54) is 0 Å². The van der Waals surface area contributed by atoms with Crippen molar-refractivity contribution < 1.29 is 63.1 Å². The summed E-state index contributed by atoms with van der Waals surface area (Å²) in [5, 5.41) is 0. The van der Waals surface area contributed by atoms with Crippen molar-refractivity contribution in [2.45, 2.75) is 0 Å². The van der Waals surface area contributed by atoms with Gasteiger partial charge in [0.1, 0.15) is 0 Å². The molecule has 26 valence electrons. The Morgan fingerprint density at radius 3 is 0.750 bits per heavy atom. The van der Waals surface area contributed by atoms with E-state index in [0.717, 1.165) is 0 Å². The van der Waals surface area contributed by atoms with Crippen LogP contribution in [-0.4, -0.2) is 0 Å². The maximum absolute atomic E-state index is 0. The molecule has 0 heterocycles. The standard InChI is InChI=1S/2O.U.W/q2*-2;;. The predicted molar refractivity (Wildman–Crippen MR) is 1.37 cm³/mol. The minimum atomic E-state index is 0. The van der Waals surface area contributed by atoms with Gasteiger partial charge < -0.3 is 11.0 Å². The molecule has 4 heavy (non-hydrogen) atoms. The molecule has 0 radical (unpaired) electrons. The first kappa shape index (κ1) is 44.6. The minimum absolute atomic E-state index is 0. The van der Waals surface area contributed by atoms with Crippen molar-refractivity contribution in [3.63, 3.8) is 0 Å². The Bertz CT molecular complexity index is 6.00. The zero-order chi connectivity index (χ0) is 0. The SMILES string of the molecule is [O-2].[O-2].[U].[W]. The van der Waals surface area contributed by atoms with E-state index in [1.807, 2.05) is 0 Å². The quantitative estimate of drug-likeness (QED) is 0.486. The topological polar surface area (TPSA) is 57.0 Å². The van der Waals surface area contributed by atoms with Crippen LogP contribution in [0.4, 0.5) is 0 Å². The average Bonchev–Trinajstić information content (AvgIpc) is 0. The first-order chi connectivity index (χ1) is 0. The molecule has 0 atom stereocenters. The van der Waals surface area contributed by atoms with E-state index in [2.05, 4.69) is 0 Å². The smallest absolute Gasteiger partial charge is 0 e. The largest absolute Gasteiger partial charge is 2.00 e. The van der Waals surface area contributed by atoms with Crippen LogP contribution in [-0.2, 0) is 32.0 Å². The molecule has 4 heteroatoms. The second kappa shape index (κ2) is 22.7. The van der Waals surface area contributed by atoms with E-state index in [0.29, 0.717) is 0 Å². The molecule has 0 aromatic carbocycles. The van der Waals surface area contributed by atoms with Gasteiger partial charge >= 0.3 is 0 Å². The molecular weight excluding hydrogens is 454 g/mol. The maximum Gasteiger partial charge on any atom is 0 e. The maximum atomic E-state index is 0. The Balaban J connectivity index is 0. The Morgan fingerprint density at radius 2 is 0.750 bits per heavy atom. The summed E-state index contributed by atoms with van der Waals surface area (Å²) in [4.78, 5) is 0. The monoisotopic (exact) mass is 454 g/mol. The predicted octanol–water partition coefficient (Wildman–Crippen LogP) is -0.240. The Labute approximate surface area is 62.6 Å². The molecule has 0 bridgehead atoms. The molecule has 0 rings (SSSR count). The van der Waals surface area contributed by atoms with E-state index in [4.69, 9.17) is 0 Å². The summed E-state index contributed by atoms with van der Waals surface area (Å²) in [7, 11) is 0. The third-order valence-corrected chi connectivity index (χ3v) is 0. The van der Waals surface area contributed by atoms with E-state index in [1.54, 1.807) is 0 Å². The van der Waals surface area contributed by atoms with Crippen molar-refractivity contribution in [1.29, 1.82) is 0 Å². The fraction of sp³-hybridized carbons (Fsp3) is 0. The van der Waals surface area contributed by atoms with Crippen LogP contribution in [0.15, 0.2) is 0 Å². The van der Waals surface area contributed by atoms with Gasteiger partial charge in [0.15, 0.2) is 0 Å². The fourth-order valence-corrected chi connectivity index (χ4v) is 0. The van der Waals surface area contributed by atoms with Crippen molar-refractivity contribution in [1.82, 2.24) is 0 Å². The van der Waals surface area contributed by atoms with Gasteiger partial charge in [-0.15, -0.1) is 0 Å². The molecule has 0 fully saturated rings. The van der Waals surface area contributed by atoms with E-state index < -0.39 is 0 Å². The molecular formula is O2UW-4. The Hall–Kier alpha value is 1.66. The first-order valence-corrected chi connectivity index (χ1v) is 0. The summed E-state index contributed by atoms with van der Waals surface area (Å²) >= 11 is 0. The van der Waals surface area contributed by atoms with Gasteiger partial charge in [0.2, 0.25) is 0 Å². The Morgan fingerprint density at radius 1 is 0.750 bits per heavy atom. The first-order valence-electron chi connectivity index (χ1n) is 0. The van der Waals surface area contributed by atoms with Crippen LogP contribution in [0.5, 0.6) is 0 Å². The van der Waals surface area contributed by atoms with Gasteiger partial charge in [-0.1, -0.05) is 0 Å². The van der Waals surface area contributed by atoms with Gasteiger partial charge in [0.25, 0.3) is 0 Å². The summed E-state index contributed by atoms with van der Waals surface area (Å²) in [5.74, 6) is 0. The molecule has 0 aliphatic heterocycles. The molecule has 0 saturated heterocycles. The Kier molecular flexibility index (Phi) is 253. The summed E-state index contributed by atoms with van der Waals surface area (Å²) in [5.41, 5.74) is 0. The van der Waals surface area contributed by atoms with Gasteiger partial charge in [0.05, 0.1) is 0 Å². The summed E-state index contributed by atoms with van der Waals surface area (Å²) in [6.07, 6.45) is 0. The van der Waals surface area contributed by atoms with E-state index >= 15 is 0 Å². The molecule has 0 aliphatic rings. The van der Waals surface area contributed by atoms with Gasteiger partial charge in [-0.05, 0) is 0 Å². The van der Waals surface area contributed by atoms with Crippen LogP contribution in [0.2, 0.25) is 0 Å². The molecule has 0 N–H and O–H groups in total. The third-order valence-electron chi connectivity index (χ3n) is 0. The zero-order valence-corrected chi connectivity index (χ0v) is 8.82. The van der Waals surface area contributed by atoms with Gasteiger partial charge in [0, 0.05) is 52.2 Å². The third kappa shape index (κ3) is 9.40. The summed E-state index contributed by atoms with van der Waals surface area (Å²) < 4.78 is 0. The molecule has 2 nitrogen and oxygen atoms in total.